The van der Waals surface area contributed by atoms with E-state index in [-0.39, 0.29) is 11.8 Å². The molecule has 1 amide bonds. The molecule has 6 heteroatoms. The minimum absolute atomic E-state index is 0.218. The lowest BCUT2D eigenvalue weighted by molar-refractivity contribution is 0.102. The molecule has 2 heterocycles. The van der Waals surface area contributed by atoms with Gasteiger partial charge in [-0.3, -0.25) is 4.79 Å². The molecule has 1 N–H and O–H groups in total. The van der Waals surface area contributed by atoms with Crippen molar-refractivity contribution in [3.63, 3.8) is 0 Å². The van der Waals surface area contributed by atoms with E-state index in [9.17, 15) is 4.79 Å². The number of benzene rings is 1. The summed E-state index contributed by atoms with van der Waals surface area (Å²) in [7, 11) is 1.54. The number of aromatic nitrogens is 3. The number of carbonyl (C=O) groups is 1. The molecule has 0 aliphatic heterocycles. The number of amides is 1. The summed E-state index contributed by atoms with van der Waals surface area (Å²) < 4.78 is 7.08. The van der Waals surface area contributed by atoms with Crippen molar-refractivity contribution in [2.24, 2.45) is 0 Å². The summed E-state index contributed by atoms with van der Waals surface area (Å²) in [5, 5.41) is 7.31. The van der Waals surface area contributed by atoms with Crippen LogP contribution in [0.1, 0.15) is 41.6 Å². The third kappa shape index (κ3) is 3.59. The van der Waals surface area contributed by atoms with Crippen LogP contribution in [0.25, 0.3) is 5.69 Å². The second-order valence-electron chi connectivity index (χ2n) is 6.31. The van der Waals surface area contributed by atoms with Gasteiger partial charge < -0.3 is 10.1 Å². The number of carbonyl (C=O) groups excluding carboxylic acids is 1. The number of aryl methyl sites for hydroxylation is 1. The molecule has 1 aromatic carbocycles. The second kappa shape index (κ2) is 7.39. The summed E-state index contributed by atoms with van der Waals surface area (Å²) in [5.74, 6) is 0.794. The smallest absolute Gasteiger partial charge is 0.277 e. The summed E-state index contributed by atoms with van der Waals surface area (Å²) in [5.41, 5.74) is 3.01. The van der Waals surface area contributed by atoms with E-state index >= 15 is 0 Å². The van der Waals surface area contributed by atoms with Gasteiger partial charge in [0.2, 0.25) is 0 Å². The molecule has 0 unspecified atom stereocenters. The zero-order chi connectivity index (χ0) is 18.7. The normalized spacial score (nSPS) is 10.8. The van der Waals surface area contributed by atoms with Gasteiger partial charge in [0.25, 0.3) is 5.91 Å². The fourth-order valence-corrected chi connectivity index (χ4v) is 2.66. The Morgan fingerprint density at radius 3 is 2.54 bits per heavy atom. The number of pyridine rings is 1. The Kier molecular flexibility index (Phi) is 5.02. The third-order valence-electron chi connectivity index (χ3n) is 4.01. The van der Waals surface area contributed by atoms with E-state index in [0.717, 1.165) is 17.1 Å². The standard InChI is InChI=1S/C20H22N4O2/c1-13(2)17-12-16(23-24(17)15-8-6-5-7-9-15)20(25)22-19-18(26-4)11-10-14(3)21-19/h5-13H,1-4H3,(H,21,22,25). The fourth-order valence-electron chi connectivity index (χ4n) is 2.66. The molecule has 0 saturated carbocycles. The maximum atomic E-state index is 12.7. The molecule has 0 aliphatic carbocycles. The van der Waals surface area contributed by atoms with Gasteiger partial charge in [0.05, 0.1) is 12.8 Å². The minimum Gasteiger partial charge on any atom is -0.493 e. The van der Waals surface area contributed by atoms with Gasteiger partial charge in [0.1, 0.15) is 0 Å². The molecule has 6 nitrogen and oxygen atoms in total. The van der Waals surface area contributed by atoms with Gasteiger partial charge in [-0.1, -0.05) is 32.0 Å². The third-order valence-corrected chi connectivity index (χ3v) is 4.01. The first-order valence-electron chi connectivity index (χ1n) is 8.48. The Hall–Kier alpha value is -3.15. The lowest BCUT2D eigenvalue weighted by Gasteiger charge is -2.09. The Morgan fingerprint density at radius 1 is 1.15 bits per heavy atom. The first-order chi connectivity index (χ1) is 12.5. The maximum Gasteiger partial charge on any atom is 0.277 e. The largest absolute Gasteiger partial charge is 0.493 e. The number of ether oxygens (including phenoxy) is 1. The van der Waals surface area contributed by atoms with E-state index < -0.39 is 0 Å². The quantitative estimate of drug-likeness (QED) is 0.756. The number of rotatable bonds is 5. The molecule has 0 saturated heterocycles. The SMILES string of the molecule is COc1ccc(C)nc1NC(=O)c1cc(C(C)C)n(-c2ccccc2)n1. The molecule has 2 aromatic heterocycles. The molecule has 0 atom stereocenters. The van der Waals surface area contributed by atoms with Crippen LogP contribution in [-0.2, 0) is 0 Å². The predicted octanol–water partition coefficient (Wildman–Crippen LogP) is 3.96. The number of nitrogens with one attached hydrogen (secondary N) is 1. The van der Waals surface area contributed by atoms with Crippen molar-refractivity contribution < 1.29 is 9.53 Å². The molecule has 3 aromatic rings. The zero-order valence-corrected chi connectivity index (χ0v) is 15.4. The van der Waals surface area contributed by atoms with E-state index in [1.54, 1.807) is 17.9 Å². The summed E-state index contributed by atoms with van der Waals surface area (Å²) in [6, 6.07) is 15.2. The summed E-state index contributed by atoms with van der Waals surface area (Å²) >= 11 is 0. The number of hydrogen-bond donors (Lipinski definition) is 1. The molecule has 0 aliphatic rings. The lowest BCUT2D eigenvalue weighted by Crippen LogP contribution is -2.15. The predicted molar refractivity (Wildman–Crippen MR) is 101 cm³/mol. The highest BCUT2D eigenvalue weighted by atomic mass is 16.5. The summed E-state index contributed by atoms with van der Waals surface area (Å²) in [4.78, 5) is 17.1. The highest BCUT2D eigenvalue weighted by Crippen LogP contribution is 2.24. The molecule has 0 radical (unpaired) electrons. The highest BCUT2D eigenvalue weighted by molar-refractivity contribution is 6.03. The first kappa shape index (κ1) is 17.7. The van der Waals surface area contributed by atoms with Crippen molar-refractivity contribution in [2.45, 2.75) is 26.7 Å². The summed E-state index contributed by atoms with van der Waals surface area (Å²) in [6.07, 6.45) is 0. The molecule has 26 heavy (non-hydrogen) atoms. The average Bonchev–Trinajstić information content (AvgIpc) is 3.08. The van der Waals surface area contributed by atoms with Gasteiger partial charge >= 0.3 is 0 Å². The fraction of sp³-hybridized carbons (Fsp3) is 0.250. The number of hydrogen-bond acceptors (Lipinski definition) is 4. The Morgan fingerprint density at radius 2 is 1.88 bits per heavy atom. The van der Waals surface area contributed by atoms with Crippen molar-refractivity contribution in [1.29, 1.82) is 0 Å². The molecular formula is C20H22N4O2. The van der Waals surface area contributed by atoms with Crippen LogP contribution in [0.3, 0.4) is 0 Å². The Labute approximate surface area is 152 Å². The van der Waals surface area contributed by atoms with Crippen molar-refractivity contribution >= 4 is 11.7 Å². The monoisotopic (exact) mass is 350 g/mol. The van der Waals surface area contributed by atoms with Gasteiger partial charge in [-0.25, -0.2) is 9.67 Å². The van der Waals surface area contributed by atoms with E-state index in [4.69, 9.17) is 4.74 Å². The summed E-state index contributed by atoms with van der Waals surface area (Å²) in [6.45, 7) is 6.00. The van der Waals surface area contributed by atoms with Crippen LogP contribution >= 0.6 is 0 Å². The van der Waals surface area contributed by atoms with Gasteiger partial charge in [0, 0.05) is 11.4 Å². The number of para-hydroxylation sites is 1. The van der Waals surface area contributed by atoms with Crippen LogP contribution in [-0.4, -0.2) is 27.8 Å². The molecule has 3 rings (SSSR count). The molecule has 0 fully saturated rings. The molecule has 134 valence electrons. The number of nitrogens with zero attached hydrogens (tertiary/aromatic N) is 3. The van der Waals surface area contributed by atoms with E-state index in [1.807, 2.05) is 49.4 Å². The van der Waals surface area contributed by atoms with Crippen LogP contribution < -0.4 is 10.1 Å². The number of methoxy groups -OCH3 is 1. The van der Waals surface area contributed by atoms with E-state index in [0.29, 0.717) is 17.3 Å². The first-order valence-corrected chi connectivity index (χ1v) is 8.48. The Balaban J connectivity index is 1.95. The van der Waals surface area contributed by atoms with Crippen molar-refractivity contribution in [3.05, 3.63) is 65.6 Å². The van der Waals surface area contributed by atoms with Crippen LogP contribution in [0.4, 0.5) is 5.82 Å². The van der Waals surface area contributed by atoms with Crippen LogP contribution in [0, 0.1) is 6.92 Å². The topological polar surface area (TPSA) is 69.0 Å². The lowest BCUT2D eigenvalue weighted by atomic mass is 10.1. The van der Waals surface area contributed by atoms with Gasteiger partial charge in [-0.2, -0.15) is 5.10 Å². The van der Waals surface area contributed by atoms with Crippen molar-refractivity contribution in [1.82, 2.24) is 14.8 Å². The molecule has 0 spiro atoms. The zero-order valence-electron chi connectivity index (χ0n) is 15.4. The van der Waals surface area contributed by atoms with Crippen molar-refractivity contribution in [2.75, 3.05) is 12.4 Å². The van der Waals surface area contributed by atoms with Crippen LogP contribution in [0.2, 0.25) is 0 Å². The average molecular weight is 350 g/mol. The maximum absolute atomic E-state index is 12.7. The van der Waals surface area contributed by atoms with E-state index in [1.165, 1.54) is 0 Å². The Bertz CT molecular complexity index is 917. The van der Waals surface area contributed by atoms with Crippen molar-refractivity contribution in [3.8, 4) is 11.4 Å². The second-order valence-corrected chi connectivity index (χ2v) is 6.31. The van der Waals surface area contributed by atoms with Gasteiger partial charge in [0.15, 0.2) is 17.3 Å². The molecule has 0 bridgehead atoms. The highest BCUT2D eigenvalue weighted by Gasteiger charge is 2.19. The van der Waals surface area contributed by atoms with E-state index in [2.05, 4.69) is 29.2 Å². The van der Waals surface area contributed by atoms with Gasteiger partial charge in [-0.15, -0.1) is 0 Å². The van der Waals surface area contributed by atoms with Crippen LogP contribution in [0.15, 0.2) is 48.5 Å². The number of anilines is 1. The molecular weight excluding hydrogens is 328 g/mol. The van der Waals surface area contributed by atoms with Gasteiger partial charge in [-0.05, 0) is 43.2 Å². The minimum atomic E-state index is -0.321. The van der Waals surface area contributed by atoms with Crippen LogP contribution in [0.5, 0.6) is 5.75 Å².